The predicted octanol–water partition coefficient (Wildman–Crippen LogP) is 4.48. The molecule has 178 valence electrons. The highest BCUT2D eigenvalue weighted by molar-refractivity contribution is 6.01. The van der Waals surface area contributed by atoms with Crippen molar-refractivity contribution >= 4 is 11.8 Å². The molecule has 2 heterocycles. The quantitative estimate of drug-likeness (QED) is 0.669. The summed E-state index contributed by atoms with van der Waals surface area (Å²) in [7, 11) is 0. The lowest BCUT2D eigenvalue weighted by Crippen LogP contribution is -2.49. The van der Waals surface area contributed by atoms with Gasteiger partial charge in [-0.3, -0.25) is 9.59 Å². The largest absolute Gasteiger partial charge is 0.489 e. The van der Waals surface area contributed by atoms with E-state index in [1.165, 1.54) is 12.0 Å². The van der Waals surface area contributed by atoms with E-state index in [9.17, 15) is 9.59 Å². The fourth-order valence-electron chi connectivity index (χ4n) is 5.47. The second-order valence-electron chi connectivity index (χ2n) is 9.75. The topological polar surface area (TPSA) is 70.7 Å². The van der Waals surface area contributed by atoms with E-state index in [4.69, 9.17) is 4.74 Å². The van der Waals surface area contributed by atoms with Gasteiger partial charge in [0.2, 0.25) is 5.91 Å². The van der Waals surface area contributed by atoms with Crippen molar-refractivity contribution in [2.75, 3.05) is 0 Å². The van der Waals surface area contributed by atoms with Crippen LogP contribution in [0.4, 0.5) is 0 Å². The van der Waals surface area contributed by atoms with Crippen LogP contribution in [0.2, 0.25) is 0 Å². The molecule has 0 radical (unpaired) electrons. The molecule has 1 saturated heterocycles. The fraction of sp³-hybridized carbons (Fsp3) is 0.429. The van der Waals surface area contributed by atoms with Crippen LogP contribution in [0.25, 0.3) is 0 Å². The Morgan fingerprint density at radius 2 is 1.88 bits per heavy atom. The number of hydrogen-bond acceptors (Lipinski definition) is 4. The Bertz CT molecular complexity index is 1080. The molecule has 1 aliphatic carbocycles. The molecule has 5 rings (SSSR count). The number of amides is 2. The van der Waals surface area contributed by atoms with E-state index >= 15 is 0 Å². The molecular weight excluding hydrogens is 426 g/mol. The number of fused-ring (bicyclic) bond motifs is 1. The molecule has 1 unspecified atom stereocenters. The van der Waals surface area contributed by atoms with E-state index < -0.39 is 6.04 Å². The Morgan fingerprint density at radius 1 is 1.09 bits per heavy atom. The predicted molar refractivity (Wildman–Crippen MR) is 131 cm³/mol. The lowest BCUT2D eigenvalue weighted by molar-refractivity contribution is -0.126. The Balaban J connectivity index is 1.27. The molecule has 2 fully saturated rings. The molecule has 6 nitrogen and oxygen atoms in total. The summed E-state index contributed by atoms with van der Waals surface area (Å²) in [5.41, 5.74) is 3.59. The smallest absolute Gasteiger partial charge is 0.255 e. The van der Waals surface area contributed by atoms with Gasteiger partial charge in [-0.05, 0) is 68.4 Å². The van der Waals surface area contributed by atoms with Crippen molar-refractivity contribution in [1.82, 2.24) is 15.5 Å². The maximum Gasteiger partial charge on any atom is 0.255 e. The number of piperidine rings is 1. The molecule has 2 aromatic carbocycles. The average molecular weight is 460 g/mol. The third-order valence-electron chi connectivity index (χ3n) is 7.36. The number of carbonyl (C=O) groups is 2. The highest BCUT2D eigenvalue weighted by Crippen LogP contribution is 2.32. The zero-order valence-corrected chi connectivity index (χ0v) is 19.8. The number of rotatable bonds is 6. The van der Waals surface area contributed by atoms with E-state index in [0.717, 1.165) is 36.3 Å². The first-order valence-electron chi connectivity index (χ1n) is 12.4. The summed E-state index contributed by atoms with van der Waals surface area (Å²) in [6.45, 7) is 6.47. The summed E-state index contributed by atoms with van der Waals surface area (Å²) in [6.07, 6.45) is 5.84. The van der Waals surface area contributed by atoms with E-state index in [1.54, 1.807) is 4.90 Å². The normalized spacial score (nSPS) is 25.6. The molecule has 6 heteroatoms. The van der Waals surface area contributed by atoms with E-state index in [2.05, 4.69) is 48.4 Å². The van der Waals surface area contributed by atoms with Crippen LogP contribution in [0, 0.1) is 0 Å². The Hall–Kier alpha value is -3.12. The number of nitrogens with zero attached hydrogens (tertiary/aromatic N) is 1. The molecule has 34 heavy (non-hydrogen) atoms. The molecule has 2 amide bonds. The van der Waals surface area contributed by atoms with Crippen molar-refractivity contribution in [3.8, 4) is 5.75 Å². The average Bonchev–Trinajstić information content (AvgIpc) is 3.16. The molecule has 0 bridgehead atoms. The summed E-state index contributed by atoms with van der Waals surface area (Å²) < 4.78 is 6.50. The van der Waals surface area contributed by atoms with Gasteiger partial charge in [-0.1, -0.05) is 43.3 Å². The summed E-state index contributed by atoms with van der Waals surface area (Å²) in [5, 5.41) is 6.58. The van der Waals surface area contributed by atoms with Crippen LogP contribution in [-0.2, 0) is 11.3 Å². The third kappa shape index (κ3) is 4.60. The van der Waals surface area contributed by atoms with Gasteiger partial charge < -0.3 is 20.3 Å². The van der Waals surface area contributed by atoms with Crippen LogP contribution >= 0.6 is 0 Å². The summed E-state index contributed by atoms with van der Waals surface area (Å²) in [5.74, 6) is 0.571. The van der Waals surface area contributed by atoms with Gasteiger partial charge >= 0.3 is 0 Å². The van der Waals surface area contributed by atoms with Gasteiger partial charge in [0.25, 0.3) is 5.91 Å². The summed E-state index contributed by atoms with van der Waals surface area (Å²) in [4.78, 5) is 27.1. The minimum Gasteiger partial charge on any atom is -0.489 e. The maximum absolute atomic E-state index is 13.0. The van der Waals surface area contributed by atoms with Crippen LogP contribution in [0.1, 0.15) is 73.0 Å². The van der Waals surface area contributed by atoms with E-state index in [0.29, 0.717) is 24.9 Å². The third-order valence-corrected chi connectivity index (χ3v) is 7.36. The molecular formula is C28H33N3O3. The van der Waals surface area contributed by atoms with Crippen molar-refractivity contribution in [1.29, 1.82) is 0 Å². The SMILES string of the molecule is C=C1CCC(N2Cc3cc(O[C@@H]4CCCC[C@@H]4N[C@H](C)c4ccccc4)ccc3C2=O)C(=O)N1. The molecule has 3 aliphatic rings. The van der Waals surface area contributed by atoms with Crippen LogP contribution in [0.15, 0.2) is 60.8 Å². The number of allylic oxidation sites excluding steroid dienone is 1. The van der Waals surface area contributed by atoms with Crippen molar-refractivity contribution in [2.24, 2.45) is 0 Å². The van der Waals surface area contributed by atoms with Gasteiger partial charge in [-0.2, -0.15) is 0 Å². The Morgan fingerprint density at radius 3 is 2.68 bits per heavy atom. The van der Waals surface area contributed by atoms with Crippen molar-refractivity contribution in [3.05, 3.63) is 77.5 Å². The first-order chi connectivity index (χ1) is 16.5. The van der Waals surface area contributed by atoms with Crippen LogP contribution in [0.5, 0.6) is 5.75 Å². The first-order valence-corrected chi connectivity index (χ1v) is 12.4. The Kier molecular flexibility index (Phi) is 6.42. The number of benzene rings is 2. The zero-order valence-electron chi connectivity index (χ0n) is 19.8. The highest BCUT2D eigenvalue weighted by Gasteiger charge is 2.38. The number of nitrogens with one attached hydrogen (secondary N) is 2. The van der Waals surface area contributed by atoms with E-state index in [-0.39, 0.29) is 30.0 Å². The minimum atomic E-state index is -0.443. The summed E-state index contributed by atoms with van der Waals surface area (Å²) in [6, 6.07) is 16.3. The molecule has 0 aromatic heterocycles. The number of hydrogen-bond donors (Lipinski definition) is 2. The maximum atomic E-state index is 13.0. The summed E-state index contributed by atoms with van der Waals surface area (Å²) >= 11 is 0. The molecule has 2 aliphatic heterocycles. The monoisotopic (exact) mass is 459 g/mol. The van der Waals surface area contributed by atoms with Crippen LogP contribution in [0.3, 0.4) is 0 Å². The fourth-order valence-corrected chi connectivity index (χ4v) is 5.47. The van der Waals surface area contributed by atoms with Gasteiger partial charge in [0.05, 0.1) is 0 Å². The van der Waals surface area contributed by atoms with Gasteiger partial charge in [-0.25, -0.2) is 0 Å². The van der Waals surface area contributed by atoms with Crippen LogP contribution in [-0.4, -0.2) is 34.9 Å². The number of carbonyl (C=O) groups excluding carboxylic acids is 2. The second kappa shape index (κ2) is 9.63. The zero-order chi connectivity index (χ0) is 23.7. The van der Waals surface area contributed by atoms with Gasteiger partial charge in [0.1, 0.15) is 17.9 Å². The van der Waals surface area contributed by atoms with Gasteiger partial charge in [-0.15, -0.1) is 0 Å². The molecule has 4 atom stereocenters. The second-order valence-corrected chi connectivity index (χ2v) is 9.75. The highest BCUT2D eigenvalue weighted by atomic mass is 16.5. The van der Waals surface area contributed by atoms with Gasteiger partial charge in [0.15, 0.2) is 0 Å². The standard InChI is InChI=1S/C28H33N3O3/c1-18-12-15-25(27(32)29-18)31-17-21-16-22(13-14-23(21)28(31)33)34-26-11-7-6-10-24(26)30-19(2)20-8-4-3-5-9-20/h3-5,8-9,13-14,16,19,24-26,30H,1,6-7,10-12,15,17H2,2H3,(H,29,32)/t19-,24+,25?,26-/m1/s1. The van der Waals surface area contributed by atoms with Gasteiger partial charge in [0, 0.05) is 29.9 Å². The number of ether oxygens (including phenoxy) is 1. The Labute approximate surface area is 201 Å². The van der Waals surface area contributed by atoms with Crippen molar-refractivity contribution in [3.63, 3.8) is 0 Å². The molecule has 1 saturated carbocycles. The molecule has 0 spiro atoms. The minimum absolute atomic E-state index is 0.0805. The molecule has 2 N–H and O–H groups in total. The van der Waals surface area contributed by atoms with Crippen molar-refractivity contribution < 1.29 is 14.3 Å². The van der Waals surface area contributed by atoms with Crippen LogP contribution < -0.4 is 15.4 Å². The lowest BCUT2D eigenvalue weighted by Gasteiger charge is -2.34. The first kappa shape index (κ1) is 22.7. The lowest BCUT2D eigenvalue weighted by atomic mass is 9.91. The van der Waals surface area contributed by atoms with Crippen molar-refractivity contribution in [2.45, 2.75) is 76.2 Å². The molecule has 2 aromatic rings. The van der Waals surface area contributed by atoms with E-state index in [1.807, 2.05) is 24.3 Å².